The molecule has 0 radical (unpaired) electrons. The third-order valence-corrected chi connectivity index (χ3v) is 2.18. The van der Waals surface area contributed by atoms with Gasteiger partial charge >= 0.3 is 5.97 Å². The van der Waals surface area contributed by atoms with Crippen LogP contribution in [0, 0.1) is 5.92 Å². The Kier molecular flexibility index (Phi) is 5.98. The van der Waals surface area contributed by atoms with Crippen molar-refractivity contribution in [2.45, 2.75) is 20.8 Å². The Bertz CT molecular complexity index is 408. The summed E-state index contributed by atoms with van der Waals surface area (Å²) in [6.45, 7) is 7.01. The molecule has 0 bridgehead atoms. The summed E-state index contributed by atoms with van der Waals surface area (Å²) in [7, 11) is 0. The predicted octanol–water partition coefficient (Wildman–Crippen LogP) is 3.30. The highest BCUT2D eigenvalue weighted by Gasteiger charge is 2.02. The lowest BCUT2D eigenvalue weighted by molar-refractivity contribution is -0.137. The topological polar surface area (TPSA) is 35.5 Å². The number of rotatable bonds is 6. The van der Waals surface area contributed by atoms with Gasteiger partial charge in [-0.1, -0.05) is 32.0 Å². The number of hydrogen-bond acceptors (Lipinski definition) is 3. The van der Waals surface area contributed by atoms with Crippen molar-refractivity contribution >= 4 is 12.0 Å². The molecule has 3 heteroatoms. The van der Waals surface area contributed by atoms with Gasteiger partial charge in [-0.05, 0) is 25.0 Å². The summed E-state index contributed by atoms with van der Waals surface area (Å²) < 4.78 is 10.5. The summed E-state index contributed by atoms with van der Waals surface area (Å²) >= 11 is 0. The van der Waals surface area contributed by atoms with Gasteiger partial charge in [-0.3, -0.25) is 0 Å². The Morgan fingerprint density at radius 3 is 2.72 bits per heavy atom. The first-order valence-corrected chi connectivity index (χ1v) is 6.20. The number of benzene rings is 1. The van der Waals surface area contributed by atoms with E-state index < -0.39 is 0 Å². The zero-order valence-electron chi connectivity index (χ0n) is 11.2. The molecule has 0 aliphatic rings. The van der Waals surface area contributed by atoms with Crippen LogP contribution >= 0.6 is 0 Å². The van der Waals surface area contributed by atoms with E-state index in [1.165, 1.54) is 6.08 Å². The van der Waals surface area contributed by atoms with Crippen molar-refractivity contribution in [3.63, 3.8) is 0 Å². The van der Waals surface area contributed by atoms with Gasteiger partial charge in [0, 0.05) is 11.6 Å². The molecule has 0 saturated carbocycles. The predicted molar refractivity (Wildman–Crippen MR) is 72.4 cm³/mol. The fourth-order valence-electron chi connectivity index (χ4n) is 1.35. The Morgan fingerprint density at radius 2 is 2.06 bits per heavy atom. The Morgan fingerprint density at radius 1 is 1.33 bits per heavy atom. The van der Waals surface area contributed by atoms with E-state index in [0.29, 0.717) is 19.1 Å². The van der Waals surface area contributed by atoms with E-state index in [-0.39, 0.29) is 5.97 Å². The van der Waals surface area contributed by atoms with Crippen LogP contribution < -0.4 is 4.74 Å². The van der Waals surface area contributed by atoms with Crippen molar-refractivity contribution in [2.75, 3.05) is 13.2 Å². The van der Waals surface area contributed by atoms with Gasteiger partial charge in [0.1, 0.15) is 5.75 Å². The van der Waals surface area contributed by atoms with Crippen LogP contribution in [0.1, 0.15) is 26.3 Å². The fraction of sp³-hybridized carbons (Fsp3) is 0.400. The van der Waals surface area contributed by atoms with E-state index in [1.807, 2.05) is 24.3 Å². The first kappa shape index (κ1) is 14.3. The number of ether oxygens (including phenoxy) is 2. The summed E-state index contributed by atoms with van der Waals surface area (Å²) in [5.41, 5.74) is 0.881. The standard InChI is InChI=1S/C15H20O3/c1-4-17-15(16)10-9-13-7-5-6-8-14(13)18-11-12(2)3/h5-10,12H,4,11H2,1-3H3/b10-9+. The molecular weight excluding hydrogens is 228 g/mol. The summed E-state index contributed by atoms with van der Waals surface area (Å²) in [5.74, 6) is 0.912. The summed E-state index contributed by atoms with van der Waals surface area (Å²) in [6.07, 6.45) is 3.13. The smallest absolute Gasteiger partial charge is 0.330 e. The molecule has 0 saturated heterocycles. The molecule has 1 rings (SSSR count). The van der Waals surface area contributed by atoms with Gasteiger partial charge in [-0.2, -0.15) is 0 Å². The molecule has 98 valence electrons. The average molecular weight is 248 g/mol. The summed E-state index contributed by atoms with van der Waals surface area (Å²) in [5, 5.41) is 0. The minimum atomic E-state index is -0.337. The van der Waals surface area contributed by atoms with E-state index in [1.54, 1.807) is 13.0 Å². The highest BCUT2D eigenvalue weighted by atomic mass is 16.5. The van der Waals surface area contributed by atoms with Crippen molar-refractivity contribution in [2.24, 2.45) is 5.92 Å². The Labute approximate surface area is 108 Å². The van der Waals surface area contributed by atoms with E-state index in [2.05, 4.69) is 13.8 Å². The van der Waals surface area contributed by atoms with E-state index >= 15 is 0 Å². The van der Waals surface area contributed by atoms with Gasteiger partial charge in [-0.25, -0.2) is 4.79 Å². The van der Waals surface area contributed by atoms with Crippen molar-refractivity contribution < 1.29 is 14.3 Å². The van der Waals surface area contributed by atoms with Crippen molar-refractivity contribution in [1.29, 1.82) is 0 Å². The zero-order chi connectivity index (χ0) is 13.4. The highest BCUT2D eigenvalue weighted by molar-refractivity contribution is 5.87. The third kappa shape index (κ3) is 5.04. The molecule has 0 fully saturated rings. The molecule has 0 heterocycles. The monoisotopic (exact) mass is 248 g/mol. The van der Waals surface area contributed by atoms with E-state index in [4.69, 9.17) is 9.47 Å². The second-order valence-corrected chi connectivity index (χ2v) is 4.33. The normalized spacial score (nSPS) is 10.9. The first-order valence-electron chi connectivity index (χ1n) is 6.20. The van der Waals surface area contributed by atoms with Gasteiger partial charge in [0.15, 0.2) is 0 Å². The minimum Gasteiger partial charge on any atom is -0.493 e. The van der Waals surface area contributed by atoms with Crippen LogP contribution in [0.5, 0.6) is 5.75 Å². The molecule has 0 aromatic heterocycles. The zero-order valence-corrected chi connectivity index (χ0v) is 11.2. The number of para-hydroxylation sites is 1. The quantitative estimate of drug-likeness (QED) is 0.572. The third-order valence-electron chi connectivity index (χ3n) is 2.18. The van der Waals surface area contributed by atoms with Gasteiger partial charge in [0.25, 0.3) is 0 Å². The maximum atomic E-state index is 11.2. The van der Waals surface area contributed by atoms with Crippen LogP contribution in [0.3, 0.4) is 0 Å². The molecule has 0 N–H and O–H groups in total. The van der Waals surface area contributed by atoms with Crippen LogP contribution in [0.15, 0.2) is 30.3 Å². The molecule has 3 nitrogen and oxygen atoms in total. The number of carbonyl (C=O) groups is 1. The van der Waals surface area contributed by atoms with Gasteiger partial charge < -0.3 is 9.47 Å². The lowest BCUT2D eigenvalue weighted by Crippen LogP contribution is -2.05. The highest BCUT2D eigenvalue weighted by Crippen LogP contribution is 2.20. The molecule has 0 atom stereocenters. The SMILES string of the molecule is CCOC(=O)/C=C/c1ccccc1OCC(C)C. The van der Waals surface area contributed by atoms with Crippen molar-refractivity contribution in [3.8, 4) is 5.75 Å². The Balaban J connectivity index is 2.72. The molecule has 1 aromatic carbocycles. The molecule has 0 spiro atoms. The maximum absolute atomic E-state index is 11.2. The molecule has 0 aliphatic heterocycles. The minimum absolute atomic E-state index is 0.337. The number of carbonyl (C=O) groups excluding carboxylic acids is 1. The molecule has 0 unspecified atom stereocenters. The van der Waals surface area contributed by atoms with Gasteiger partial charge in [0.05, 0.1) is 13.2 Å². The first-order chi connectivity index (χ1) is 8.63. The van der Waals surface area contributed by atoms with Crippen molar-refractivity contribution in [3.05, 3.63) is 35.9 Å². The maximum Gasteiger partial charge on any atom is 0.330 e. The van der Waals surface area contributed by atoms with Gasteiger partial charge in [-0.15, -0.1) is 0 Å². The van der Waals surface area contributed by atoms with Crippen LogP contribution in [-0.2, 0) is 9.53 Å². The molecule has 1 aromatic rings. The Hall–Kier alpha value is -1.77. The molecule has 18 heavy (non-hydrogen) atoms. The summed E-state index contributed by atoms with van der Waals surface area (Å²) in [4.78, 5) is 11.2. The van der Waals surface area contributed by atoms with E-state index in [0.717, 1.165) is 11.3 Å². The second-order valence-electron chi connectivity index (χ2n) is 4.33. The van der Waals surface area contributed by atoms with E-state index in [9.17, 15) is 4.79 Å². The lowest BCUT2D eigenvalue weighted by Gasteiger charge is -2.10. The molecule has 0 amide bonds. The lowest BCUT2D eigenvalue weighted by atomic mass is 10.2. The van der Waals surface area contributed by atoms with Crippen LogP contribution in [0.4, 0.5) is 0 Å². The van der Waals surface area contributed by atoms with Gasteiger partial charge in [0.2, 0.25) is 0 Å². The average Bonchev–Trinajstić information content (AvgIpc) is 2.35. The van der Waals surface area contributed by atoms with Crippen LogP contribution in [0.25, 0.3) is 6.08 Å². The number of esters is 1. The number of hydrogen-bond donors (Lipinski definition) is 0. The van der Waals surface area contributed by atoms with Crippen LogP contribution in [-0.4, -0.2) is 19.2 Å². The molecular formula is C15H20O3. The fourth-order valence-corrected chi connectivity index (χ4v) is 1.35. The molecule has 0 aliphatic carbocycles. The second kappa shape index (κ2) is 7.54. The largest absolute Gasteiger partial charge is 0.493 e. The summed E-state index contributed by atoms with van der Waals surface area (Å²) in [6, 6.07) is 7.63. The van der Waals surface area contributed by atoms with Crippen molar-refractivity contribution in [1.82, 2.24) is 0 Å². The van der Waals surface area contributed by atoms with Crippen LogP contribution in [0.2, 0.25) is 0 Å².